The van der Waals surface area contributed by atoms with Crippen molar-refractivity contribution in [3.8, 4) is 11.5 Å². The summed E-state index contributed by atoms with van der Waals surface area (Å²) in [5.74, 6) is 2.03. The van der Waals surface area contributed by atoms with E-state index in [-0.39, 0.29) is 12.7 Å². The summed E-state index contributed by atoms with van der Waals surface area (Å²) in [5, 5.41) is 1.16. The Balaban J connectivity index is 1.42. The maximum Gasteiger partial charge on any atom is 0.231 e. The molecule has 0 spiro atoms. The molecule has 126 valence electrons. The lowest BCUT2D eigenvalue weighted by atomic mass is 9.98. The number of aryl methyl sites for hydroxylation is 1. The average molecular weight is 344 g/mol. The summed E-state index contributed by atoms with van der Waals surface area (Å²) in [5.41, 5.74) is 0.969. The van der Waals surface area contributed by atoms with Gasteiger partial charge < -0.3 is 14.4 Å². The summed E-state index contributed by atoms with van der Waals surface area (Å²) in [6.45, 7) is 3.95. The van der Waals surface area contributed by atoms with E-state index in [1.807, 2.05) is 29.3 Å². The SMILES string of the molecule is Cc1cnc([C@H]2CCCN(C(=O)Cc3ccc4c(c3)OCO4)C2)s1. The summed E-state index contributed by atoms with van der Waals surface area (Å²) >= 11 is 1.75. The molecule has 0 aliphatic carbocycles. The zero-order valence-corrected chi connectivity index (χ0v) is 14.5. The molecule has 0 unspecified atom stereocenters. The Bertz CT molecular complexity index is 758. The summed E-state index contributed by atoms with van der Waals surface area (Å²) in [6.07, 6.45) is 4.48. The smallest absolute Gasteiger partial charge is 0.231 e. The lowest BCUT2D eigenvalue weighted by Crippen LogP contribution is -2.39. The molecule has 1 saturated heterocycles. The van der Waals surface area contributed by atoms with Gasteiger partial charge in [-0.3, -0.25) is 4.79 Å². The molecule has 24 heavy (non-hydrogen) atoms. The lowest BCUT2D eigenvalue weighted by molar-refractivity contribution is -0.131. The lowest BCUT2D eigenvalue weighted by Gasteiger charge is -2.32. The molecular weight excluding hydrogens is 324 g/mol. The van der Waals surface area contributed by atoms with E-state index in [9.17, 15) is 4.79 Å². The van der Waals surface area contributed by atoms with Gasteiger partial charge in [0.05, 0.1) is 11.4 Å². The van der Waals surface area contributed by atoms with Gasteiger partial charge in [0.1, 0.15) is 0 Å². The number of likely N-dealkylation sites (tertiary alicyclic amines) is 1. The molecule has 1 amide bonds. The summed E-state index contributed by atoms with van der Waals surface area (Å²) in [7, 11) is 0. The maximum absolute atomic E-state index is 12.7. The van der Waals surface area contributed by atoms with Crippen LogP contribution in [-0.2, 0) is 11.2 Å². The Hall–Kier alpha value is -2.08. The standard InChI is InChI=1S/C18H20N2O3S/c1-12-9-19-18(24-12)14-3-2-6-20(10-14)17(21)8-13-4-5-15-16(7-13)23-11-22-15/h4-5,7,9,14H,2-3,6,8,10-11H2,1H3/t14-/m0/s1. The van der Waals surface area contributed by atoms with Crippen molar-refractivity contribution < 1.29 is 14.3 Å². The number of piperidine rings is 1. The van der Waals surface area contributed by atoms with Crippen molar-refractivity contribution in [3.05, 3.63) is 39.8 Å². The van der Waals surface area contributed by atoms with Gasteiger partial charge >= 0.3 is 0 Å². The molecule has 2 aromatic rings. The zero-order chi connectivity index (χ0) is 16.5. The minimum atomic E-state index is 0.173. The fraction of sp³-hybridized carbons (Fsp3) is 0.444. The number of carbonyl (C=O) groups excluding carboxylic acids is 1. The van der Waals surface area contributed by atoms with Crippen LogP contribution >= 0.6 is 11.3 Å². The summed E-state index contributed by atoms with van der Waals surface area (Å²) in [4.78, 5) is 20.4. The van der Waals surface area contributed by atoms with Gasteiger partial charge in [-0.2, -0.15) is 0 Å². The largest absolute Gasteiger partial charge is 0.454 e. The number of amides is 1. The number of fused-ring (bicyclic) bond motifs is 1. The minimum absolute atomic E-state index is 0.173. The number of hydrogen-bond acceptors (Lipinski definition) is 5. The second-order valence-corrected chi connectivity index (χ2v) is 7.62. The van der Waals surface area contributed by atoms with Crippen molar-refractivity contribution in [2.24, 2.45) is 0 Å². The molecule has 1 atom stereocenters. The highest BCUT2D eigenvalue weighted by atomic mass is 32.1. The first-order valence-corrected chi connectivity index (χ1v) is 9.09. The third-order valence-corrected chi connectivity index (χ3v) is 5.63. The van der Waals surface area contributed by atoms with Gasteiger partial charge in [-0.05, 0) is 37.5 Å². The van der Waals surface area contributed by atoms with Crippen LogP contribution in [0.2, 0.25) is 0 Å². The fourth-order valence-electron chi connectivity index (χ4n) is 3.30. The van der Waals surface area contributed by atoms with Crippen molar-refractivity contribution in [1.29, 1.82) is 0 Å². The van der Waals surface area contributed by atoms with Crippen LogP contribution in [0.25, 0.3) is 0 Å². The number of nitrogens with zero attached hydrogens (tertiary/aromatic N) is 2. The second kappa shape index (κ2) is 6.43. The third kappa shape index (κ3) is 3.11. The molecule has 5 nitrogen and oxygen atoms in total. The number of thiazole rings is 1. The van der Waals surface area contributed by atoms with Gasteiger partial charge in [-0.25, -0.2) is 4.98 Å². The van der Waals surface area contributed by atoms with Crippen molar-refractivity contribution in [1.82, 2.24) is 9.88 Å². The molecule has 0 bridgehead atoms. The first kappa shape index (κ1) is 15.4. The van der Waals surface area contributed by atoms with E-state index in [0.29, 0.717) is 12.3 Å². The molecule has 0 N–H and O–H groups in total. The van der Waals surface area contributed by atoms with E-state index >= 15 is 0 Å². The van der Waals surface area contributed by atoms with Crippen molar-refractivity contribution >= 4 is 17.2 Å². The van der Waals surface area contributed by atoms with Gasteiger partial charge in [0.2, 0.25) is 12.7 Å². The second-order valence-electron chi connectivity index (χ2n) is 6.35. The van der Waals surface area contributed by atoms with Crippen LogP contribution < -0.4 is 9.47 Å². The normalized spacial score (nSPS) is 19.5. The van der Waals surface area contributed by atoms with Gasteiger partial charge in [0.15, 0.2) is 11.5 Å². The maximum atomic E-state index is 12.7. The monoisotopic (exact) mass is 344 g/mol. The molecular formula is C18H20N2O3S. The molecule has 2 aliphatic heterocycles. The Morgan fingerprint density at radius 3 is 3.08 bits per heavy atom. The molecule has 6 heteroatoms. The van der Waals surface area contributed by atoms with Crippen LogP contribution in [0.15, 0.2) is 24.4 Å². The van der Waals surface area contributed by atoms with Crippen molar-refractivity contribution in [2.75, 3.05) is 19.9 Å². The molecule has 0 saturated carbocycles. The molecule has 3 heterocycles. The van der Waals surface area contributed by atoms with Gasteiger partial charge in [-0.15, -0.1) is 11.3 Å². The highest BCUT2D eigenvalue weighted by Crippen LogP contribution is 2.33. The molecule has 2 aliphatic rings. The van der Waals surface area contributed by atoms with Crippen molar-refractivity contribution in [3.63, 3.8) is 0 Å². The molecule has 1 fully saturated rings. The first-order valence-electron chi connectivity index (χ1n) is 8.27. The van der Waals surface area contributed by atoms with Crippen LogP contribution in [0.3, 0.4) is 0 Å². The van der Waals surface area contributed by atoms with E-state index in [1.165, 1.54) is 4.88 Å². The average Bonchev–Trinajstić information content (AvgIpc) is 3.23. The number of carbonyl (C=O) groups is 1. The van der Waals surface area contributed by atoms with E-state index in [2.05, 4.69) is 11.9 Å². The van der Waals surface area contributed by atoms with E-state index in [1.54, 1.807) is 11.3 Å². The molecule has 4 rings (SSSR count). The van der Waals surface area contributed by atoms with Crippen LogP contribution in [0.1, 0.15) is 34.2 Å². The van der Waals surface area contributed by atoms with Gasteiger partial charge in [-0.1, -0.05) is 6.07 Å². The third-order valence-electron chi connectivity index (χ3n) is 4.55. The predicted octanol–water partition coefficient (Wildman–Crippen LogP) is 3.13. The Morgan fingerprint density at radius 1 is 1.38 bits per heavy atom. The van der Waals surface area contributed by atoms with E-state index < -0.39 is 0 Å². The van der Waals surface area contributed by atoms with Crippen LogP contribution in [0, 0.1) is 6.92 Å². The predicted molar refractivity (Wildman–Crippen MR) is 91.7 cm³/mol. The van der Waals surface area contributed by atoms with E-state index in [0.717, 1.165) is 48.0 Å². The minimum Gasteiger partial charge on any atom is -0.454 e. The quantitative estimate of drug-likeness (QED) is 0.858. The molecule has 1 aromatic heterocycles. The highest BCUT2D eigenvalue weighted by Gasteiger charge is 2.26. The van der Waals surface area contributed by atoms with Gasteiger partial charge in [0, 0.05) is 30.1 Å². The number of hydrogen-bond donors (Lipinski definition) is 0. The highest BCUT2D eigenvalue weighted by molar-refractivity contribution is 7.11. The van der Waals surface area contributed by atoms with Crippen LogP contribution in [-0.4, -0.2) is 35.7 Å². The number of ether oxygens (including phenoxy) is 2. The van der Waals surface area contributed by atoms with E-state index in [4.69, 9.17) is 9.47 Å². The number of rotatable bonds is 3. The van der Waals surface area contributed by atoms with Crippen molar-refractivity contribution in [2.45, 2.75) is 32.1 Å². The van der Waals surface area contributed by atoms with Crippen LogP contribution in [0.4, 0.5) is 0 Å². The number of benzene rings is 1. The molecule has 0 radical (unpaired) electrons. The summed E-state index contributed by atoms with van der Waals surface area (Å²) in [6, 6.07) is 5.73. The van der Waals surface area contributed by atoms with Gasteiger partial charge in [0.25, 0.3) is 0 Å². The number of aromatic nitrogens is 1. The summed E-state index contributed by atoms with van der Waals surface area (Å²) < 4.78 is 10.7. The Kier molecular flexibility index (Phi) is 4.14. The fourth-order valence-corrected chi connectivity index (χ4v) is 4.20. The Labute approximate surface area is 145 Å². The first-order chi connectivity index (χ1) is 11.7. The van der Waals surface area contributed by atoms with Crippen LogP contribution in [0.5, 0.6) is 11.5 Å². The zero-order valence-electron chi connectivity index (χ0n) is 13.7. The topological polar surface area (TPSA) is 51.7 Å². The Morgan fingerprint density at radius 2 is 2.25 bits per heavy atom. The molecule has 1 aromatic carbocycles.